The Labute approximate surface area is 194 Å². The highest BCUT2D eigenvalue weighted by molar-refractivity contribution is 6.30. The molecule has 3 rings (SSSR count). The molecule has 32 heavy (non-hydrogen) atoms. The fourth-order valence-corrected chi connectivity index (χ4v) is 3.75. The lowest BCUT2D eigenvalue weighted by Gasteiger charge is -2.27. The van der Waals surface area contributed by atoms with Crippen LogP contribution in [0.3, 0.4) is 0 Å². The molecule has 0 heterocycles. The maximum absolute atomic E-state index is 12.9. The van der Waals surface area contributed by atoms with E-state index in [9.17, 15) is 4.79 Å². The second kappa shape index (κ2) is 11.4. The van der Waals surface area contributed by atoms with Crippen LogP contribution in [0.1, 0.15) is 36.5 Å². The van der Waals surface area contributed by atoms with Crippen LogP contribution in [0.2, 0.25) is 5.02 Å². The highest BCUT2D eigenvalue weighted by Crippen LogP contribution is 2.25. The standard InChI is InChI=1S/C27H27ClN2O2/c1-19(18-32-25-10-6-9-24(28)16-25)27(31)30-20(2)26(23-7-4-3-5-8-23)15-21-11-13-22(17-29)14-12-21/h3-14,16,19-20,26H,15,18H2,1-2H3,(H,30,31). The van der Waals surface area contributed by atoms with Gasteiger partial charge in [-0.05, 0) is 54.8 Å². The quantitative estimate of drug-likeness (QED) is 0.454. The topological polar surface area (TPSA) is 62.1 Å². The molecule has 0 fully saturated rings. The van der Waals surface area contributed by atoms with E-state index >= 15 is 0 Å². The molecule has 0 aliphatic heterocycles. The summed E-state index contributed by atoms with van der Waals surface area (Å²) < 4.78 is 5.74. The van der Waals surface area contributed by atoms with E-state index in [-0.39, 0.29) is 30.4 Å². The predicted octanol–water partition coefficient (Wildman–Crippen LogP) is 5.76. The molecule has 3 atom stereocenters. The first-order valence-corrected chi connectivity index (χ1v) is 11.1. The molecule has 3 aromatic rings. The largest absolute Gasteiger partial charge is 0.493 e. The van der Waals surface area contributed by atoms with Gasteiger partial charge in [-0.25, -0.2) is 0 Å². The number of carbonyl (C=O) groups is 1. The zero-order valence-electron chi connectivity index (χ0n) is 18.3. The van der Waals surface area contributed by atoms with Crippen LogP contribution in [0.25, 0.3) is 0 Å². The Morgan fingerprint density at radius 3 is 2.41 bits per heavy atom. The van der Waals surface area contributed by atoms with Crippen molar-refractivity contribution in [3.63, 3.8) is 0 Å². The zero-order valence-corrected chi connectivity index (χ0v) is 19.0. The SMILES string of the molecule is CC(COc1cccc(Cl)c1)C(=O)NC(C)C(Cc1ccc(C#N)cc1)c1ccccc1. The van der Waals surface area contributed by atoms with Crippen LogP contribution in [0, 0.1) is 17.2 Å². The van der Waals surface area contributed by atoms with Crippen molar-refractivity contribution in [2.75, 3.05) is 6.61 Å². The molecule has 164 valence electrons. The fraction of sp³-hybridized carbons (Fsp3) is 0.259. The number of nitriles is 1. The summed E-state index contributed by atoms with van der Waals surface area (Å²) in [5.41, 5.74) is 2.92. The monoisotopic (exact) mass is 446 g/mol. The smallest absolute Gasteiger partial charge is 0.226 e. The van der Waals surface area contributed by atoms with Gasteiger partial charge in [-0.2, -0.15) is 5.26 Å². The highest BCUT2D eigenvalue weighted by Gasteiger charge is 2.24. The number of hydrogen-bond donors (Lipinski definition) is 1. The summed E-state index contributed by atoms with van der Waals surface area (Å²) in [6.07, 6.45) is 0.755. The summed E-state index contributed by atoms with van der Waals surface area (Å²) >= 11 is 5.99. The number of carbonyl (C=O) groups excluding carboxylic acids is 1. The van der Waals surface area contributed by atoms with Gasteiger partial charge >= 0.3 is 0 Å². The Bertz CT molecular complexity index is 1060. The summed E-state index contributed by atoms with van der Waals surface area (Å²) in [5.74, 6) is 0.366. The number of hydrogen-bond acceptors (Lipinski definition) is 3. The average Bonchev–Trinajstić information content (AvgIpc) is 2.81. The van der Waals surface area contributed by atoms with E-state index in [2.05, 4.69) is 23.5 Å². The Morgan fingerprint density at radius 1 is 1.03 bits per heavy atom. The maximum atomic E-state index is 12.9. The van der Waals surface area contributed by atoms with Crippen molar-refractivity contribution in [2.45, 2.75) is 32.2 Å². The third-order valence-electron chi connectivity index (χ3n) is 5.48. The molecule has 5 heteroatoms. The van der Waals surface area contributed by atoms with E-state index in [1.54, 1.807) is 12.1 Å². The number of rotatable bonds is 9. The Balaban J connectivity index is 1.66. The lowest BCUT2D eigenvalue weighted by atomic mass is 9.86. The molecule has 0 spiro atoms. The first kappa shape index (κ1) is 23.4. The maximum Gasteiger partial charge on any atom is 0.226 e. The van der Waals surface area contributed by atoms with Gasteiger partial charge in [0.05, 0.1) is 24.2 Å². The van der Waals surface area contributed by atoms with Gasteiger partial charge < -0.3 is 10.1 Å². The third-order valence-corrected chi connectivity index (χ3v) is 5.72. The zero-order chi connectivity index (χ0) is 22.9. The molecule has 0 aliphatic carbocycles. The average molecular weight is 447 g/mol. The van der Waals surface area contributed by atoms with Gasteiger partial charge in [0, 0.05) is 17.0 Å². The van der Waals surface area contributed by atoms with E-state index in [1.165, 1.54) is 0 Å². The van der Waals surface area contributed by atoms with Crippen LogP contribution in [0.5, 0.6) is 5.75 Å². The molecule has 4 nitrogen and oxygen atoms in total. The molecule has 1 N–H and O–H groups in total. The summed E-state index contributed by atoms with van der Waals surface area (Å²) in [5, 5.41) is 12.8. The number of halogens is 1. The van der Waals surface area contributed by atoms with Crippen molar-refractivity contribution in [1.29, 1.82) is 5.26 Å². The van der Waals surface area contributed by atoms with E-state index < -0.39 is 0 Å². The van der Waals surface area contributed by atoms with Crippen molar-refractivity contribution in [3.8, 4) is 11.8 Å². The van der Waals surface area contributed by atoms with Gasteiger partial charge in [-0.1, -0.05) is 67.1 Å². The van der Waals surface area contributed by atoms with Crippen molar-refractivity contribution in [2.24, 2.45) is 5.92 Å². The fourth-order valence-electron chi connectivity index (χ4n) is 3.57. The number of ether oxygens (including phenoxy) is 1. The Kier molecular flexibility index (Phi) is 8.30. The van der Waals surface area contributed by atoms with Crippen molar-refractivity contribution in [1.82, 2.24) is 5.32 Å². The van der Waals surface area contributed by atoms with Gasteiger partial charge in [0.15, 0.2) is 0 Å². The summed E-state index contributed by atoms with van der Waals surface area (Å²) in [6.45, 7) is 4.15. The summed E-state index contributed by atoms with van der Waals surface area (Å²) in [4.78, 5) is 12.9. The van der Waals surface area contributed by atoms with Gasteiger partial charge in [0.2, 0.25) is 5.91 Å². The molecular formula is C27H27ClN2O2. The van der Waals surface area contributed by atoms with E-state index in [1.807, 2.05) is 68.4 Å². The minimum atomic E-state index is -0.317. The van der Waals surface area contributed by atoms with E-state index in [0.717, 1.165) is 17.5 Å². The second-order valence-electron chi connectivity index (χ2n) is 8.00. The molecule has 0 aliphatic rings. The molecule has 0 saturated heterocycles. The van der Waals surface area contributed by atoms with Gasteiger partial charge in [-0.3, -0.25) is 4.79 Å². The molecule has 3 aromatic carbocycles. The molecule has 0 bridgehead atoms. The summed E-state index contributed by atoms with van der Waals surface area (Å²) in [7, 11) is 0. The highest BCUT2D eigenvalue weighted by atomic mass is 35.5. The summed E-state index contributed by atoms with van der Waals surface area (Å²) in [6, 6.07) is 27.0. The number of nitrogens with zero attached hydrogens (tertiary/aromatic N) is 1. The van der Waals surface area contributed by atoms with E-state index in [4.69, 9.17) is 21.6 Å². The number of benzene rings is 3. The Morgan fingerprint density at radius 2 is 1.75 bits per heavy atom. The minimum absolute atomic E-state index is 0.0553. The number of amides is 1. The van der Waals surface area contributed by atoms with E-state index in [0.29, 0.717) is 16.3 Å². The first-order valence-electron chi connectivity index (χ1n) is 10.7. The van der Waals surface area contributed by atoms with Crippen LogP contribution in [0.15, 0.2) is 78.9 Å². The van der Waals surface area contributed by atoms with Crippen molar-refractivity contribution in [3.05, 3.63) is 101 Å². The van der Waals surface area contributed by atoms with Crippen LogP contribution in [-0.4, -0.2) is 18.6 Å². The lowest BCUT2D eigenvalue weighted by Crippen LogP contribution is -2.41. The normalized spacial score (nSPS) is 13.4. The van der Waals surface area contributed by atoms with Gasteiger partial charge in [-0.15, -0.1) is 0 Å². The molecule has 3 unspecified atom stereocenters. The molecule has 0 aromatic heterocycles. The molecule has 1 amide bonds. The third kappa shape index (κ3) is 6.60. The lowest BCUT2D eigenvalue weighted by molar-refractivity contribution is -0.126. The Hall–Kier alpha value is -3.29. The first-order chi connectivity index (χ1) is 15.5. The van der Waals surface area contributed by atoms with Crippen molar-refractivity contribution < 1.29 is 9.53 Å². The predicted molar refractivity (Wildman–Crippen MR) is 128 cm³/mol. The number of nitrogens with one attached hydrogen (secondary N) is 1. The second-order valence-corrected chi connectivity index (χ2v) is 8.43. The van der Waals surface area contributed by atoms with Gasteiger partial charge in [0.25, 0.3) is 0 Å². The molecular weight excluding hydrogens is 420 g/mol. The van der Waals surface area contributed by atoms with Gasteiger partial charge in [0.1, 0.15) is 5.75 Å². The molecule has 0 saturated carbocycles. The molecule has 0 radical (unpaired) electrons. The van der Waals surface area contributed by atoms with Crippen LogP contribution in [0.4, 0.5) is 0 Å². The van der Waals surface area contributed by atoms with Crippen LogP contribution >= 0.6 is 11.6 Å². The minimum Gasteiger partial charge on any atom is -0.493 e. The van der Waals surface area contributed by atoms with Crippen molar-refractivity contribution >= 4 is 17.5 Å². The van der Waals surface area contributed by atoms with Crippen LogP contribution < -0.4 is 10.1 Å². The van der Waals surface area contributed by atoms with Crippen LogP contribution in [-0.2, 0) is 11.2 Å².